The molecule has 0 saturated carbocycles. The summed E-state index contributed by atoms with van der Waals surface area (Å²) < 4.78 is 58.8. The van der Waals surface area contributed by atoms with Crippen LogP contribution in [0.15, 0.2) is 16.8 Å². The summed E-state index contributed by atoms with van der Waals surface area (Å²) in [7, 11) is 0. The molecule has 1 saturated heterocycles. The average Bonchev–Trinajstić information content (AvgIpc) is 2.83. The van der Waals surface area contributed by atoms with Crippen LogP contribution in [0.5, 0.6) is 0 Å². The van der Waals surface area contributed by atoms with Crippen molar-refractivity contribution in [1.82, 2.24) is 10.3 Å². The molecule has 0 bridgehead atoms. The molecule has 3 amide bonds. The monoisotopic (exact) mass is 424 g/mol. The molecule has 8 nitrogen and oxygen atoms in total. The molecule has 0 aromatic rings. The molecule has 0 aromatic carbocycles. The van der Waals surface area contributed by atoms with Gasteiger partial charge in [-0.25, -0.2) is 14.6 Å². The lowest BCUT2D eigenvalue weighted by Crippen LogP contribution is -2.49. The molecular weight excluding hydrogens is 400 g/mol. The van der Waals surface area contributed by atoms with E-state index in [1.54, 1.807) is 26.2 Å². The van der Waals surface area contributed by atoms with Gasteiger partial charge in [0.15, 0.2) is 5.71 Å². The normalized spacial score (nSPS) is 23.8. The Hall–Kier alpha value is -2.66. The fourth-order valence-corrected chi connectivity index (χ4v) is 2.68. The van der Waals surface area contributed by atoms with Crippen LogP contribution in [0.3, 0.4) is 0 Å². The molecule has 1 aliphatic heterocycles. The van der Waals surface area contributed by atoms with Crippen LogP contribution >= 0.6 is 0 Å². The van der Waals surface area contributed by atoms with E-state index in [9.17, 15) is 31.9 Å². The predicted octanol–water partition coefficient (Wildman–Crippen LogP) is 2.19. The molecule has 0 spiro atoms. The van der Waals surface area contributed by atoms with E-state index in [1.165, 1.54) is 6.92 Å². The summed E-state index contributed by atoms with van der Waals surface area (Å²) >= 11 is 0. The summed E-state index contributed by atoms with van der Waals surface area (Å²) in [5.41, 5.74) is 2.96. The number of nitrogens with one attached hydrogen (secondary N) is 1. The third-order valence-electron chi connectivity index (χ3n) is 4.01. The van der Waals surface area contributed by atoms with Crippen LogP contribution < -0.4 is 11.2 Å². The minimum atomic E-state index is -5.10. The Balaban J connectivity index is 3.15. The molecule has 0 aromatic heterocycles. The Morgan fingerprint density at radius 2 is 1.79 bits per heavy atom. The van der Waals surface area contributed by atoms with E-state index < -0.39 is 65.6 Å². The zero-order chi connectivity index (χ0) is 22.7. The number of carbonyl (C=O) groups is 3. The third kappa shape index (κ3) is 6.16. The van der Waals surface area contributed by atoms with Gasteiger partial charge in [0.25, 0.3) is 11.8 Å². The number of amides is 3. The van der Waals surface area contributed by atoms with E-state index in [-0.39, 0.29) is 0 Å². The Bertz CT molecular complexity index is 728. The van der Waals surface area contributed by atoms with E-state index >= 15 is 0 Å². The van der Waals surface area contributed by atoms with Crippen molar-refractivity contribution in [3.05, 3.63) is 11.6 Å². The third-order valence-corrected chi connectivity index (χ3v) is 4.01. The topological polar surface area (TPSA) is 114 Å². The maximum atomic E-state index is 14.1. The van der Waals surface area contributed by atoms with Gasteiger partial charge in [0.1, 0.15) is 17.8 Å². The molecule has 164 valence electrons. The second kappa shape index (κ2) is 8.78. The molecule has 12 heteroatoms. The smallest absolute Gasteiger partial charge is 0.435 e. The highest BCUT2D eigenvalue weighted by Gasteiger charge is 2.47. The van der Waals surface area contributed by atoms with Gasteiger partial charge >= 0.3 is 12.3 Å². The Kier molecular flexibility index (Phi) is 7.38. The molecule has 1 aliphatic rings. The van der Waals surface area contributed by atoms with Crippen molar-refractivity contribution in [2.24, 2.45) is 10.8 Å². The van der Waals surface area contributed by atoms with Crippen molar-refractivity contribution in [3.8, 4) is 0 Å². The summed E-state index contributed by atoms with van der Waals surface area (Å²) in [5.74, 6) is -2.56. The van der Waals surface area contributed by atoms with E-state index in [0.717, 1.165) is 17.9 Å². The fraction of sp³-hybridized carbons (Fsp3) is 0.647. The van der Waals surface area contributed by atoms with E-state index in [1.807, 2.05) is 0 Å². The quantitative estimate of drug-likeness (QED) is 0.312. The first-order chi connectivity index (χ1) is 13.1. The molecule has 0 aliphatic carbocycles. The molecule has 1 heterocycles. The molecule has 1 fully saturated rings. The summed E-state index contributed by atoms with van der Waals surface area (Å²) in [6, 6.07) is -2.49. The maximum absolute atomic E-state index is 14.1. The Morgan fingerprint density at radius 1 is 1.24 bits per heavy atom. The number of alkyl halides is 4. The number of carbonyl (C=O) groups excluding carboxylic acids is 3. The van der Waals surface area contributed by atoms with Crippen molar-refractivity contribution >= 4 is 23.6 Å². The lowest BCUT2D eigenvalue weighted by Gasteiger charge is -2.30. The average molecular weight is 424 g/mol. The fourth-order valence-electron chi connectivity index (χ4n) is 2.68. The zero-order valence-electron chi connectivity index (χ0n) is 16.6. The van der Waals surface area contributed by atoms with Crippen LogP contribution in [0.4, 0.5) is 22.4 Å². The minimum absolute atomic E-state index is 0.449. The van der Waals surface area contributed by atoms with Crippen molar-refractivity contribution in [3.63, 3.8) is 0 Å². The molecular formula is C17H24F4N4O4. The summed E-state index contributed by atoms with van der Waals surface area (Å²) in [5, 5.41) is 2.97. The minimum Gasteiger partial charge on any atom is -0.444 e. The van der Waals surface area contributed by atoms with Gasteiger partial charge in [-0.2, -0.15) is 18.3 Å². The molecule has 29 heavy (non-hydrogen) atoms. The molecule has 1 rings (SSSR count). The van der Waals surface area contributed by atoms with Crippen LogP contribution in [-0.2, 0) is 14.3 Å². The first kappa shape index (κ1) is 24.4. The van der Waals surface area contributed by atoms with Gasteiger partial charge in [0.2, 0.25) is 0 Å². The van der Waals surface area contributed by atoms with Gasteiger partial charge in [-0.15, -0.1) is 0 Å². The van der Waals surface area contributed by atoms with Crippen molar-refractivity contribution < 1.29 is 36.7 Å². The lowest BCUT2D eigenvalue weighted by molar-refractivity contribution is -0.126. The number of halogens is 4. The maximum Gasteiger partial charge on any atom is 0.435 e. The standard InChI is InChI=1S/C17H24F4N4O4/c1-6-9(13(22)26)12(17(19,20)21)23-24-14(27)11-7-10(18)8(2)25(11)15(28)29-16(3,4)5/h6,8,10-11H,7H2,1-5H3,(H2,22,26)(H,24,27)/b9-6+,23-12+/t8-,10+,11-/m0/s1. The number of allylic oxidation sites excluding steroid dienone is 1. The van der Waals surface area contributed by atoms with Gasteiger partial charge in [-0.05, 0) is 34.6 Å². The summed E-state index contributed by atoms with van der Waals surface area (Å²) in [4.78, 5) is 36.8. The molecule has 0 radical (unpaired) electrons. The van der Waals surface area contributed by atoms with Crippen LogP contribution in [0.2, 0.25) is 0 Å². The second-order valence-corrected chi connectivity index (χ2v) is 7.40. The van der Waals surface area contributed by atoms with Gasteiger partial charge < -0.3 is 10.5 Å². The van der Waals surface area contributed by atoms with Gasteiger partial charge in [-0.3, -0.25) is 14.5 Å². The highest BCUT2D eigenvalue weighted by molar-refractivity contribution is 6.23. The van der Waals surface area contributed by atoms with E-state index in [0.29, 0.717) is 0 Å². The van der Waals surface area contributed by atoms with E-state index in [2.05, 4.69) is 5.10 Å². The highest BCUT2D eigenvalue weighted by Crippen LogP contribution is 2.29. The van der Waals surface area contributed by atoms with Gasteiger partial charge in [0, 0.05) is 6.42 Å². The number of ether oxygens (including phenoxy) is 1. The zero-order valence-corrected chi connectivity index (χ0v) is 16.6. The molecule has 3 N–H and O–H groups in total. The van der Waals surface area contributed by atoms with E-state index in [4.69, 9.17) is 10.5 Å². The number of nitrogens with two attached hydrogens (primary N) is 1. The number of primary amides is 1. The van der Waals surface area contributed by atoms with Crippen LogP contribution in [0.25, 0.3) is 0 Å². The number of hydrazone groups is 1. The number of likely N-dealkylation sites (tertiary alicyclic amines) is 1. The summed E-state index contributed by atoms with van der Waals surface area (Å²) in [6.07, 6.45) is -7.34. The van der Waals surface area contributed by atoms with Crippen LogP contribution in [0.1, 0.15) is 41.0 Å². The predicted molar refractivity (Wildman–Crippen MR) is 95.4 cm³/mol. The second-order valence-electron chi connectivity index (χ2n) is 7.40. The van der Waals surface area contributed by atoms with Crippen molar-refractivity contribution in [1.29, 1.82) is 0 Å². The first-order valence-electron chi connectivity index (χ1n) is 8.66. The van der Waals surface area contributed by atoms with Crippen molar-refractivity contribution in [2.45, 2.75) is 71.1 Å². The Morgan fingerprint density at radius 3 is 2.21 bits per heavy atom. The van der Waals surface area contributed by atoms with Gasteiger partial charge in [0.05, 0.1) is 11.6 Å². The summed E-state index contributed by atoms with van der Waals surface area (Å²) in [6.45, 7) is 7.18. The van der Waals surface area contributed by atoms with Gasteiger partial charge in [-0.1, -0.05) is 6.08 Å². The van der Waals surface area contributed by atoms with Crippen molar-refractivity contribution in [2.75, 3.05) is 0 Å². The largest absolute Gasteiger partial charge is 0.444 e. The first-order valence-corrected chi connectivity index (χ1v) is 8.66. The number of nitrogens with zero attached hydrogens (tertiary/aromatic N) is 2. The Labute approximate surface area is 165 Å². The lowest BCUT2D eigenvalue weighted by atomic mass is 10.1. The molecule has 0 unspecified atom stereocenters. The number of hydrogen-bond acceptors (Lipinski definition) is 5. The van der Waals surface area contributed by atoms with Crippen LogP contribution in [-0.4, -0.2) is 58.6 Å². The number of rotatable bonds is 4. The molecule has 3 atom stereocenters. The van der Waals surface area contributed by atoms with Crippen LogP contribution in [0, 0.1) is 0 Å². The highest BCUT2D eigenvalue weighted by atomic mass is 19.4. The number of hydrogen-bond donors (Lipinski definition) is 2. The SMILES string of the molecule is C/C=C(C(N)=O)\C(=N/NC(=O)[C@@H]1C[C@@H](F)[C@H](C)N1C(=O)OC(C)(C)C)C(F)(F)F.